The molecule has 0 aliphatic heterocycles. The topological polar surface area (TPSA) is 72.5 Å². The van der Waals surface area contributed by atoms with E-state index in [-0.39, 0.29) is 10.6 Å². The van der Waals surface area contributed by atoms with Gasteiger partial charge in [0.1, 0.15) is 10.5 Å². The van der Waals surface area contributed by atoms with Gasteiger partial charge in [-0.2, -0.15) is 0 Å². The largest absolute Gasteiger partial charge is 0.444 e. The Morgan fingerprint density at radius 2 is 1.83 bits per heavy atom. The van der Waals surface area contributed by atoms with Crippen molar-refractivity contribution in [2.45, 2.75) is 31.3 Å². The molecule has 1 N–H and O–H groups in total. The molecular weight excluding hydrogens is 278 g/mol. The van der Waals surface area contributed by atoms with Crippen LogP contribution in [0.2, 0.25) is 0 Å². The van der Waals surface area contributed by atoms with Gasteiger partial charge in [-0.25, -0.2) is 13.2 Å². The van der Waals surface area contributed by atoms with Crippen LogP contribution in [0.4, 0.5) is 10.5 Å². The average molecular weight is 292 g/mol. The summed E-state index contributed by atoms with van der Waals surface area (Å²) in [6, 6.07) is 5.82. The van der Waals surface area contributed by atoms with Crippen LogP contribution in [0.1, 0.15) is 20.8 Å². The van der Waals surface area contributed by atoms with Crippen molar-refractivity contribution in [2.75, 3.05) is 5.32 Å². The van der Waals surface area contributed by atoms with E-state index in [1.165, 1.54) is 18.2 Å². The lowest BCUT2D eigenvalue weighted by Crippen LogP contribution is -2.27. The lowest BCUT2D eigenvalue weighted by Gasteiger charge is -2.20. The van der Waals surface area contributed by atoms with Gasteiger partial charge in [-0.1, -0.05) is 12.1 Å². The van der Waals surface area contributed by atoms with E-state index in [0.29, 0.717) is 0 Å². The Morgan fingerprint density at radius 1 is 1.28 bits per heavy atom. The smallest absolute Gasteiger partial charge is 0.412 e. The second-order valence-corrected chi connectivity index (χ2v) is 7.10. The molecule has 1 rings (SSSR count). The molecule has 7 heteroatoms. The van der Waals surface area contributed by atoms with Gasteiger partial charge < -0.3 is 4.74 Å². The highest BCUT2D eigenvalue weighted by Crippen LogP contribution is 2.24. The molecule has 0 unspecified atom stereocenters. The normalized spacial score (nSPS) is 12.0. The zero-order valence-corrected chi connectivity index (χ0v) is 11.8. The molecule has 0 spiro atoms. The number of halogens is 1. The highest BCUT2D eigenvalue weighted by molar-refractivity contribution is 8.13. The van der Waals surface area contributed by atoms with E-state index < -0.39 is 20.7 Å². The number of rotatable bonds is 2. The fourth-order valence-electron chi connectivity index (χ4n) is 1.20. The summed E-state index contributed by atoms with van der Waals surface area (Å²) in [6.07, 6.45) is -0.740. The van der Waals surface area contributed by atoms with Crippen molar-refractivity contribution in [1.29, 1.82) is 0 Å². The molecule has 1 aromatic carbocycles. The minimum atomic E-state index is -3.92. The third-order valence-electron chi connectivity index (χ3n) is 1.79. The van der Waals surface area contributed by atoms with Crippen molar-refractivity contribution in [3.05, 3.63) is 24.3 Å². The van der Waals surface area contributed by atoms with Crippen LogP contribution in [0.3, 0.4) is 0 Å². The Balaban J connectivity index is 2.96. The van der Waals surface area contributed by atoms with Gasteiger partial charge in [0.2, 0.25) is 0 Å². The summed E-state index contributed by atoms with van der Waals surface area (Å²) in [5.41, 5.74) is -0.583. The van der Waals surface area contributed by atoms with Gasteiger partial charge in [0.05, 0.1) is 5.69 Å². The molecule has 5 nitrogen and oxygen atoms in total. The quantitative estimate of drug-likeness (QED) is 0.850. The Hall–Kier alpha value is -1.27. The summed E-state index contributed by atoms with van der Waals surface area (Å²) in [5.74, 6) is 0. The lowest BCUT2D eigenvalue weighted by atomic mass is 10.2. The van der Waals surface area contributed by atoms with E-state index in [1.54, 1.807) is 26.8 Å². The van der Waals surface area contributed by atoms with Crippen molar-refractivity contribution in [3.63, 3.8) is 0 Å². The minimum Gasteiger partial charge on any atom is -0.444 e. The zero-order chi connectivity index (χ0) is 14.0. The Morgan fingerprint density at radius 3 is 2.33 bits per heavy atom. The summed E-state index contributed by atoms with van der Waals surface area (Å²) in [7, 11) is 1.34. The first-order valence-electron chi connectivity index (χ1n) is 5.13. The van der Waals surface area contributed by atoms with E-state index in [1.807, 2.05) is 0 Å². The van der Waals surface area contributed by atoms with Crippen molar-refractivity contribution >= 4 is 31.5 Å². The van der Waals surface area contributed by atoms with Crippen LogP contribution in [0.5, 0.6) is 0 Å². The lowest BCUT2D eigenvalue weighted by molar-refractivity contribution is 0.0635. The Bertz CT molecular complexity index is 548. The molecule has 100 valence electrons. The number of amides is 1. The maximum absolute atomic E-state index is 11.5. The summed E-state index contributed by atoms with van der Waals surface area (Å²) in [5, 5.41) is 2.35. The van der Waals surface area contributed by atoms with Crippen LogP contribution >= 0.6 is 10.7 Å². The molecule has 0 saturated heterocycles. The highest BCUT2D eigenvalue weighted by Gasteiger charge is 2.20. The van der Waals surface area contributed by atoms with Crippen LogP contribution in [0.25, 0.3) is 0 Å². The molecule has 0 bridgehead atoms. The van der Waals surface area contributed by atoms with E-state index in [0.717, 1.165) is 0 Å². The van der Waals surface area contributed by atoms with Crippen LogP contribution in [0.15, 0.2) is 29.2 Å². The summed E-state index contributed by atoms with van der Waals surface area (Å²) in [4.78, 5) is 11.4. The molecule has 0 saturated carbocycles. The predicted octanol–water partition coefficient (Wildman–Crippen LogP) is 2.96. The molecule has 18 heavy (non-hydrogen) atoms. The number of anilines is 1. The zero-order valence-electron chi connectivity index (χ0n) is 10.2. The number of hydrogen-bond acceptors (Lipinski definition) is 4. The van der Waals surface area contributed by atoms with Crippen molar-refractivity contribution in [1.82, 2.24) is 0 Å². The summed E-state index contributed by atoms with van der Waals surface area (Å²) >= 11 is 0. The summed E-state index contributed by atoms with van der Waals surface area (Å²) < 4.78 is 27.6. The van der Waals surface area contributed by atoms with E-state index in [9.17, 15) is 13.2 Å². The molecule has 0 aromatic heterocycles. The minimum absolute atomic E-state index is 0.0850. The first-order chi connectivity index (χ1) is 8.09. The van der Waals surface area contributed by atoms with Gasteiger partial charge >= 0.3 is 6.09 Å². The molecule has 0 aliphatic carbocycles. The first-order valence-corrected chi connectivity index (χ1v) is 7.44. The van der Waals surface area contributed by atoms with E-state index in [4.69, 9.17) is 15.4 Å². The monoisotopic (exact) mass is 291 g/mol. The maximum atomic E-state index is 11.5. The second kappa shape index (κ2) is 5.16. The van der Waals surface area contributed by atoms with Gasteiger partial charge in [0.15, 0.2) is 0 Å². The highest BCUT2D eigenvalue weighted by atomic mass is 35.7. The van der Waals surface area contributed by atoms with E-state index in [2.05, 4.69) is 5.32 Å². The maximum Gasteiger partial charge on any atom is 0.412 e. The van der Waals surface area contributed by atoms with Gasteiger partial charge in [0, 0.05) is 10.7 Å². The fraction of sp³-hybridized carbons (Fsp3) is 0.364. The second-order valence-electron chi connectivity index (χ2n) is 4.56. The van der Waals surface area contributed by atoms with Crippen LogP contribution in [-0.2, 0) is 13.8 Å². The number of carbonyl (C=O) groups is 1. The van der Waals surface area contributed by atoms with Crippen LogP contribution < -0.4 is 5.32 Å². The number of hydrogen-bond donors (Lipinski definition) is 1. The fourth-order valence-corrected chi connectivity index (χ4v) is 2.22. The van der Waals surface area contributed by atoms with Gasteiger partial charge in [0.25, 0.3) is 9.05 Å². The first kappa shape index (κ1) is 14.8. The molecular formula is C11H14ClNO4S. The molecule has 0 radical (unpaired) electrons. The average Bonchev–Trinajstić information content (AvgIpc) is 2.13. The number of ether oxygens (including phenoxy) is 1. The van der Waals surface area contributed by atoms with Crippen molar-refractivity contribution in [2.24, 2.45) is 0 Å². The molecule has 0 heterocycles. The van der Waals surface area contributed by atoms with Crippen LogP contribution in [0, 0.1) is 0 Å². The Labute approximate surface area is 111 Å². The number of carbonyl (C=O) groups excluding carboxylic acids is 1. The van der Waals surface area contributed by atoms with Crippen LogP contribution in [-0.4, -0.2) is 20.1 Å². The third kappa shape index (κ3) is 4.54. The SMILES string of the molecule is CC(C)(C)OC(=O)Nc1ccccc1S(=O)(=O)Cl. The number of benzene rings is 1. The molecule has 1 aromatic rings. The molecule has 0 aliphatic rings. The van der Waals surface area contributed by atoms with Gasteiger partial charge in [-0.3, -0.25) is 5.32 Å². The molecule has 1 amide bonds. The molecule has 0 fully saturated rings. The van der Waals surface area contributed by atoms with Gasteiger partial charge in [-0.05, 0) is 32.9 Å². The standard InChI is InChI=1S/C11H14ClNO4S/c1-11(2,3)17-10(14)13-8-6-4-5-7-9(8)18(12,15)16/h4-7H,1-3H3,(H,13,14). The number of nitrogens with one attached hydrogen (secondary N) is 1. The predicted molar refractivity (Wildman–Crippen MR) is 69.3 cm³/mol. The molecule has 0 atom stereocenters. The Kier molecular flexibility index (Phi) is 4.24. The van der Waals surface area contributed by atoms with Crippen molar-refractivity contribution in [3.8, 4) is 0 Å². The third-order valence-corrected chi connectivity index (χ3v) is 3.17. The summed E-state index contributed by atoms with van der Waals surface area (Å²) in [6.45, 7) is 5.12. The number of para-hydroxylation sites is 1. The van der Waals surface area contributed by atoms with Crippen molar-refractivity contribution < 1.29 is 17.9 Å². The van der Waals surface area contributed by atoms with E-state index >= 15 is 0 Å². The van der Waals surface area contributed by atoms with Gasteiger partial charge in [-0.15, -0.1) is 0 Å².